The molecule has 0 saturated heterocycles. The molecule has 5 N–H and O–H groups in total. The number of aliphatic hydroxyl groups excluding tert-OH is 4. The summed E-state index contributed by atoms with van der Waals surface area (Å²) < 4.78 is 0. The molecule has 284 valence electrons. The molecule has 0 spiro atoms. The van der Waals surface area contributed by atoms with Gasteiger partial charge in [-0.1, -0.05) is 186 Å². The van der Waals surface area contributed by atoms with Gasteiger partial charge in [0.1, 0.15) is 12.2 Å². The molecule has 0 aliphatic carbocycles. The molecule has 0 fully saturated rings. The molecule has 0 bridgehead atoms. The molecule has 48 heavy (non-hydrogen) atoms. The molecular formula is C42H81NO5. The van der Waals surface area contributed by atoms with Crippen LogP contribution in [0.25, 0.3) is 0 Å². The SMILES string of the molecule is CCCCCCCCCCC/C=C\C/C=C\CCCCCCCCCCCCCCC(O)C(=O)NC(CO)C(O)C(O)CCCCCC. The second-order valence-electron chi connectivity index (χ2n) is 14.3. The minimum atomic E-state index is -1.25. The van der Waals surface area contributed by atoms with Crippen LogP contribution in [0.1, 0.15) is 206 Å². The number of nitrogens with one attached hydrogen (secondary N) is 1. The van der Waals surface area contributed by atoms with Crippen molar-refractivity contribution in [3.8, 4) is 0 Å². The van der Waals surface area contributed by atoms with Crippen molar-refractivity contribution >= 4 is 5.91 Å². The van der Waals surface area contributed by atoms with E-state index in [1.54, 1.807) is 0 Å². The first-order chi connectivity index (χ1) is 23.5. The summed E-state index contributed by atoms with van der Waals surface area (Å²) in [4.78, 5) is 12.4. The van der Waals surface area contributed by atoms with Crippen LogP contribution in [0.5, 0.6) is 0 Å². The lowest BCUT2D eigenvalue weighted by Gasteiger charge is -2.27. The minimum Gasteiger partial charge on any atom is -0.394 e. The molecule has 0 aromatic rings. The standard InChI is InChI=1S/C42H81NO5/c1-3-5-7-9-10-11-12-13-14-15-16-17-18-19-20-21-22-23-24-25-26-27-28-29-30-31-32-34-36-40(46)42(48)43-38(37-44)41(47)39(45)35-33-8-6-4-2/h16-17,19-20,38-41,44-47H,3-15,18,21-37H2,1-2H3,(H,43,48)/b17-16-,20-19-. The van der Waals surface area contributed by atoms with Crippen LogP contribution >= 0.6 is 0 Å². The van der Waals surface area contributed by atoms with Crippen molar-refractivity contribution < 1.29 is 25.2 Å². The van der Waals surface area contributed by atoms with Crippen LogP contribution in [-0.4, -0.2) is 57.3 Å². The third-order valence-electron chi connectivity index (χ3n) is 9.67. The van der Waals surface area contributed by atoms with Crippen molar-refractivity contribution in [1.82, 2.24) is 5.32 Å². The van der Waals surface area contributed by atoms with Gasteiger partial charge in [-0.05, 0) is 44.9 Å². The fourth-order valence-corrected chi connectivity index (χ4v) is 6.32. The first kappa shape index (κ1) is 46.8. The van der Waals surface area contributed by atoms with Gasteiger partial charge in [-0.25, -0.2) is 0 Å². The Bertz CT molecular complexity index is 727. The Morgan fingerprint density at radius 2 is 0.896 bits per heavy atom. The van der Waals surface area contributed by atoms with Gasteiger partial charge in [0.05, 0.1) is 18.8 Å². The normalized spacial score (nSPS) is 14.5. The lowest BCUT2D eigenvalue weighted by atomic mass is 9.99. The highest BCUT2D eigenvalue weighted by atomic mass is 16.3. The summed E-state index contributed by atoms with van der Waals surface area (Å²) in [5, 5.41) is 42.9. The van der Waals surface area contributed by atoms with E-state index >= 15 is 0 Å². The van der Waals surface area contributed by atoms with Crippen molar-refractivity contribution in [2.75, 3.05) is 6.61 Å². The lowest BCUT2D eigenvalue weighted by Crippen LogP contribution is -2.53. The third kappa shape index (κ3) is 30.8. The molecule has 0 aromatic carbocycles. The van der Waals surface area contributed by atoms with Crippen LogP contribution in [0.4, 0.5) is 0 Å². The van der Waals surface area contributed by atoms with Crippen LogP contribution in [0.15, 0.2) is 24.3 Å². The fraction of sp³-hybridized carbons (Fsp3) is 0.881. The Labute approximate surface area is 297 Å². The zero-order chi connectivity index (χ0) is 35.3. The summed E-state index contributed by atoms with van der Waals surface area (Å²) in [6.07, 6.45) is 41.4. The van der Waals surface area contributed by atoms with Gasteiger partial charge in [-0.15, -0.1) is 0 Å². The maximum atomic E-state index is 12.4. The number of allylic oxidation sites excluding steroid dienone is 4. The molecule has 0 aromatic heterocycles. The van der Waals surface area contributed by atoms with E-state index in [1.165, 1.54) is 128 Å². The van der Waals surface area contributed by atoms with Crippen molar-refractivity contribution in [3.05, 3.63) is 24.3 Å². The molecule has 0 radical (unpaired) electrons. The zero-order valence-corrected chi connectivity index (χ0v) is 31.7. The predicted octanol–water partition coefficient (Wildman–Crippen LogP) is 10.4. The average molecular weight is 680 g/mol. The Morgan fingerprint density at radius 1 is 0.521 bits per heavy atom. The van der Waals surface area contributed by atoms with E-state index < -0.39 is 36.9 Å². The van der Waals surface area contributed by atoms with Crippen LogP contribution in [0, 0.1) is 0 Å². The second-order valence-corrected chi connectivity index (χ2v) is 14.3. The topological polar surface area (TPSA) is 110 Å². The smallest absolute Gasteiger partial charge is 0.249 e. The molecule has 4 atom stereocenters. The van der Waals surface area contributed by atoms with Gasteiger partial charge < -0.3 is 25.7 Å². The van der Waals surface area contributed by atoms with Crippen LogP contribution in [0.2, 0.25) is 0 Å². The lowest BCUT2D eigenvalue weighted by molar-refractivity contribution is -0.132. The van der Waals surface area contributed by atoms with Gasteiger partial charge in [0.15, 0.2) is 0 Å². The summed E-state index contributed by atoms with van der Waals surface area (Å²) in [5.41, 5.74) is 0. The summed E-state index contributed by atoms with van der Waals surface area (Å²) >= 11 is 0. The Balaban J connectivity index is 3.55. The van der Waals surface area contributed by atoms with Crippen molar-refractivity contribution in [2.45, 2.75) is 231 Å². The van der Waals surface area contributed by atoms with E-state index in [9.17, 15) is 25.2 Å². The molecule has 0 saturated carbocycles. The first-order valence-corrected chi connectivity index (χ1v) is 20.7. The quantitative estimate of drug-likeness (QED) is 0.0332. The Hall–Kier alpha value is -1.21. The highest BCUT2D eigenvalue weighted by Gasteiger charge is 2.28. The summed E-state index contributed by atoms with van der Waals surface area (Å²) in [5.74, 6) is -0.592. The molecule has 0 aliphatic rings. The fourth-order valence-electron chi connectivity index (χ4n) is 6.32. The van der Waals surface area contributed by atoms with Gasteiger partial charge in [0.2, 0.25) is 5.91 Å². The number of rotatable bonds is 37. The van der Waals surface area contributed by atoms with Gasteiger partial charge in [0, 0.05) is 0 Å². The van der Waals surface area contributed by atoms with Crippen molar-refractivity contribution in [3.63, 3.8) is 0 Å². The van der Waals surface area contributed by atoms with E-state index in [4.69, 9.17) is 0 Å². The number of unbranched alkanes of at least 4 members (excludes halogenated alkanes) is 24. The molecule has 0 aliphatic heterocycles. The highest BCUT2D eigenvalue weighted by Crippen LogP contribution is 2.15. The molecule has 0 rings (SSSR count). The summed E-state index contributed by atoms with van der Waals surface area (Å²) in [6.45, 7) is 3.90. The molecule has 1 amide bonds. The van der Waals surface area contributed by atoms with E-state index in [-0.39, 0.29) is 0 Å². The summed E-state index contributed by atoms with van der Waals surface area (Å²) in [6, 6.07) is -0.980. The van der Waals surface area contributed by atoms with Gasteiger partial charge in [-0.3, -0.25) is 4.79 Å². The summed E-state index contributed by atoms with van der Waals surface area (Å²) in [7, 11) is 0. The number of hydrogen-bond acceptors (Lipinski definition) is 5. The monoisotopic (exact) mass is 680 g/mol. The van der Waals surface area contributed by atoms with Crippen LogP contribution < -0.4 is 5.32 Å². The Morgan fingerprint density at radius 3 is 1.33 bits per heavy atom. The molecule has 6 heteroatoms. The predicted molar refractivity (Wildman–Crippen MR) is 205 cm³/mol. The number of carbonyl (C=O) groups excluding carboxylic acids is 1. The maximum absolute atomic E-state index is 12.4. The van der Waals surface area contributed by atoms with E-state index in [2.05, 4.69) is 43.5 Å². The average Bonchev–Trinajstić information content (AvgIpc) is 3.09. The van der Waals surface area contributed by atoms with Crippen LogP contribution in [0.3, 0.4) is 0 Å². The number of aliphatic hydroxyl groups is 4. The van der Waals surface area contributed by atoms with E-state index in [0.717, 1.165) is 51.4 Å². The zero-order valence-electron chi connectivity index (χ0n) is 31.7. The molecular weight excluding hydrogens is 598 g/mol. The van der Waals surface area contributed by atoms with E-state index in [0.29, 0.717) is 12.8 Å². The third-order valence-corrected chi connectivity index (χ3v) is 9.67. The first-order valence-electron chi connectivity index (χ1n) is 20.7. The van der Waals surface area contributed by atoms with Gasteiger partial charge in [-0.2, -0.15) is 0 Å². The van der Waals surface area contributed by atoms with Crippen molar-refractivity contribution in [2.24, 2.45) is 0 Å². The maximum Gasteiger partial charge on any atom is 0.249 e. The number of hydrogen-bond donors (Lipinski definition) is 5. The molecule has 0 heterocycles. The van der Waals surface area contributed by atoms with Gasteiger partial charge in [0.25, 0.3) is 0 Å². The van der Waals surface area contributed by atoms with Crippen molar-refractivity contribution in [1.29, 1.82) is 0 Å². The molecule has 4 unspecified atom stereocenters. The van der Waals surface area contributed by atoms with E-state index in [1.807, 2.05) is 0 Å². The molecule has 6 nitrogen and oxygen atoms in total. The highest BCUT2D eigenvalue weighted by molar-refractivity contribution is 5.80. The van der Waals surface area contributed by atoms with Crippen LogP contribution in [-0.2, 0) is 4.79 Å². The Kier molecular flexibility index (Phi) is 36.1. The second kappa shape index (κ2) is 37.1. The minimum absolute atomic E-state index is 0.367. The number of carbonyl (C=O) groups is 1. The largest absolute Gasteiger partial charge is 0.394 e. The van der Waals surface area contributed by atoms with Gasteiger partial charge >= 0.3 is 0 Å². The number of amides is 1.